The second-order valence-electron chi connectivity index (χ2n) is 3.55. The Morgan fingerprint density at radius 3 is 2.53 bits per heavy atom. The summed E-state index contributed by atoms with van der Waals surface area (Å²) < 4.78 is 17.0. The van der Waals surface area contributed by atoms with Crippen molar-refractivity contribution < 1.29 is 9.13 Å². The molecular formula is C12H18FNO. The first kappa shape index (κ1) is 12.0. The summed E-state index contributed by atoms with van der Waals surface area (Å²) in [7, 11) is 0. The molecule has 0 spiro atoms. The molecule has 0 aliphatic heterocycles. The van der Waals surface area contributed by atoms with Crippen LogP contribution in [0.4, 0.5) is 4.39 Å². The molecule has 15 heavy (non-hydrogen) atoms. The topological polar surface area (TPSA) is 35.2 Å². The van der Waals surface area contributed by atoms with Crippen molar-refractivity contribution >= 4 is 0 Å². The highest BCUT2D eigenvalue weighted by Crippen LogP contribution is 2.13. The van der Waals surface area contributed by atoms with Gasteiger partial charge in [-0.05, 0) is 30.5 Å². The minimum Gasteiger partial charge on any atom is -0.491 e. The van der Waals surface area contributed by atoms with Crippen LogP contribution >= 0.6 is 0 Å². The maximum absolute atomic E-state index is 11.8. The van der Waals surface area contributed by atoms with Gasteiger partial charge in [0.05, 0.1) is 0 Å². The predicted octanol–water partition coefficient (Wildman–Crippen LogP) is 2.31. The summed E-state index contributed by atoms with van der Waals surface area (Å²) in [4.78, 5) is 0. The molecule has 0 saturated carbocycles. The van der Waals surface area contributed by atoms with Crippen LogP contribution in [0.5, 0.6) is 5.75 Å². The minimum absolute atomic E-state index is 0.119. The van der Waals surface area contributed by atoms with Crippen LogP contribution in [-0.2, 0) is 6.42 Å². The van der Waals surface area contributed by atoms with Gasteiger partial charge >= 0.3 is 0 Å². The lowest BCUT2D eigenvalue weighted by molar-refractivity contribution is 0.273. The number of hydrogen-bond acceptors (Lipinski definition) is 2. The first-order valence-corrected chi connectivity index (χ1v) is 5.29. The van der Waals surface area contributed by atoms with E-state index >= 15 is 0 Å². The molecule has 1 rings (SSSR count). The fraction of sp³-hybridized carbons (Fsp3) is 0.500. The van der Waals surface area contributed by atoms with Crippen molar-refractivity contribution in [1.29, 1.82) is 0 Å². The molecule has 0 radical (unpaired) electrons. The zero-order chi connectivity index (χ0) is 11.1. The fourth-order valence-corrected chi connectivity index (χ4v) is 1.33. The van der Waals surface area contributed by atoms with Crippen LogP contribution in [-0.4, -0.2) is 19.3 Å². The highest BCUT2D eigenvalue weighted by Gasteiger charge is 2.01. The van der Waals surface area contributed by atoms with Gasteiger partial charge in [0.25, 0.3) is 0 Å². The number of halogens is 1. The first-order valence-electron chi connectivity index (χ1n) is 5.29. The summed E-state index contributed by atoms with van der Waals surface area (Å²) in [5.41, 5.74) is 7.03. The summed E-state index contributed by atoms with van der Waals surface area (Å²) >= 11 is 0. The standard InChI is InChI=1S/C12H18FNO/c1-2-11(14)9-10-3-5-12(6-4-10)15-8-7-13/h3-6,11H,2,7-9,14H2,1H3. The van der Waals surface area contributed by atoms with Gasteiger partial charge in [0.1, 0.15) is 19.0 Å². The lowest BCUT2D eigenvalue weighted by atomic mass is 10.0. The van der Waals surface area contributed by atoms with Crippen molar-refractivity contribution in [3.05, 3.63) is 29.8 Å². The Morgan fingerprint density at radius 1 is 1.33 bits per heavy atom. The third kappa shape index (κ3) is 4.30. The van der Waals surface area contributed by atoms with E-state index in [0.29, 0.717) is 5.75 Å². The molecule has 1 aromatic rings. The largest absolute Gasteiger partial charge is 0.491 e. The number of nitrogens with two attached hydrogens (primary N) is 1. The van der Waals surface area contributed by atoms with Gasteiger partial charge in [0.15, 0.2) is 0 Å². The Kier molecular flexibility index (Phi) is 5.12. The molecule has 0 amide bonds. The van der Waals surface area contributed by atoms with Gasteiger partial charge in [-0.25, -0.2) is 4.39 Å². The Morgan fingerprint density at radius 2 is 2.00 bits per heavy atom. The summed E-state index contributed by atoms with van der Waals surface area (Å²) in [6, 6.07) is 7.87. The van der Waals surface area contributed by atoms with Gasteiger partial charge in [0, 0.05) is 6.04 Å². The van der Waals surface area contributed by atoms with Crippen molar-refractivity contribution in [2.45, 2.75) is 25.8 Å². The second kappa shape index (κ2) is 6.40. The molecule has 0 fully saturated rings. The number of alkyl halides is 1. The summed E-state index contributed by atoms with van der Waals surface area (Å²) in [5.74, 6) is 0.710. The van der Waals surface area contributed by atoms with Gasteiger partial charge in [-0.2, -0.15) is 0 Å². The van der Waals surface area contributed by atoms with E-state index in [1.165, 1.54) is 5.56 Å². The van der Waals surface area contributed by atoms with Crippen LogP contribution in [0.25, 0.3) is 0 Å². The molecule has 3 heteroatoms. The van der Waals surface area contributed by atoms with Crippen molar-refractivity contribution in [3.8, 4) is 5.75 Å². The Bertz CT molecular complexity index is 273. The van der Waals surface area contributed by atoms with Crippen LogP contribution in [0.3, 0.4) is 0 Å². The van der Waals surface area contributed by atoms with Gasteiger partial charge in [-0.1, -0.05) is 19.1 Å². The highest BCUT2D eigenvalue weighted by atomic mass is 19.1. The van der Waals surface area contributed by atoms with Gasteiger partial charge in [0.2, 0.25) is 0 Å². The number of ether oxygens (including phenoxy) is 1. The Balaban J connectivity index is 2.48. The average molecular weight is 211 g/mol. The van der Waals surface area contributed by atoms with Crippen molar-refractivity contribution in [2.75, 3.05) is 13.3 Å². The van der Waals surface area contributed by atoms with E-state index in [0.717, 1.165) is 12.8 Å². The van der Waals surface area contributed by atoms with E-state index in [2.05, 4.69) is 6.92 Å². The number of hydrogen-bond donors (Lipinski definition) is 1. The van der Waals surface area contributed by atoms with Crippen LogP contribution in [0.15, 0.2) is 24.3 Å². The molecule has 2 N–H and O–H groups in total. The third-order valence-electron chi connectivity index (χ3n) is 2.29. The molecule has 0 bridgehead atoms. The second-order valence-corrected chi connectivity index (χ2v) is 3.55. The molecule has 0 aliphatic carbocycles. The average Bonchev–Trinajstić information content (AvgIpc) is 2.28. The zero-order valence-corrected chi connectivity index (χ0v) is 9.08. The van der Waals surface area contributed by atoms with E-state index < -0.39 is 6.67 Å². The van der Waals surface area contributed by atoms with Crippen molar-refractivity contribution in [1.82, 2.24) is 0 Å². The van der Waals surface area contributed by atoms with Gasteiger partial charge < -0.3 is 10.5 Å². The molecule has 1 atom stereocenters. The van der Waals surface area contributed by atoms with Gasteiger partial charge in [-0.3, -0.25) is 0 Å². The highest BCUT2D eigenvalue weighted by molar-refractivity contribution is 5.27. The Labute approximate surface area is 90.2 Å². The lowest BCUT2D eigenvalue weighted by Crippen LogP contribution is -2.21. The third-order valence-corrected chi connectivity index (χ3v) is 2.29. The molecule has 0 heterocycles. The van der Waals surface area contributed by atoms with Gasteiger partial charge in [-0.15, -0.1) is 0 Å². The lowest BCUT2D eigenvalue weighted by Gasteiger charge is -2.09. The van der Waals surface area contributed by atoms with E-state index in [1.807, 2.05) is 24.3 Å². The first-order chi connectivity index (χ1) is 7.26. The zero-order valence-electron chi connectivity index (χ0n) is 9.08. The maximum atomic E-state index is 11.8. The van der Waals surface area contributed by atoms with Crippen molar-refractivity contribution in [2.24, 2.45) is 5.73 Å². The molecule has 1 unspecified atom stereocenters. The number of rotatable bonds is 6. The molecule has 2 nitrogen and oxygen atoms in total. The smallest absolute Gasteiger partial charge is 0.123 e. The van der Waals surface area contributed by atoms with Crippen LogP contribution < -0.4 is 10.5 Å². The Hall–Kier alpha value is -1.09. The van der Waals surface area contributed by atoms with Crippen LogP contribution in [0.1, 0.15) is 18.9 Å². The summed E-state index contributed by atoms with van der Waals surface area (Å²) in [5, 5.41) is 0. The summed E-state index contributed by atoms with van der Waals surface area (Å²) in [6.07, 6.45) is 1.85. The van der Waals surface area contributed by atoms with E-state index in [1.54, 1.807) is 0 Å². The number of benzene rings is 1. The quantitative estimate of drug-likeness (QED) is 0.783. The monoisotopic (exact) mass is 211 g/mol. The molecule has 0 aromatic heterocycles. The minimum atomic E-state index is -0.456. The fourth-order valence-electron chi connectivity index (χ4n) is 1.33. The normalized spacial score (nSPS) is 12.5. The maximum Gasteiger partial charge on any atom is 0.123 e. The molecule has 1 aromatic carbocycles. The molecule has 0 saturated heterocycles. The SMILES string of the molecule is CCC(N)Cc1ccc(OCCF)cc1. The van der Waals surface area contributed by atoms with E-state index in [4.69, 9.17) is 10.5 Å². The van der Waals surface area contributed by atoms with E-state index in [9.17, 15) is 4.39 Å². The summed E-state index contributed by atoms with van der Waals surface area (Å²) in [6.45, 7) is 1.74. The van der Waals surface area contributed by atoms with Crippen LogP contribution in [0.2, 0.25) is 0 Å². The molecular weight excluding hydrogens is 193 g/mol. The predicted molar refractivity (Wildman–Crippen MR) is 59.9 cm³/mol. The molecule has 84 valence electrons. The van der Waals surface area contributed by atoms with E-state index in [-0.39, 0.29) is 12.6 Å². The molecule has 0 aliphatic rings. The van der Waals surface area contributed by atoms with Crippen LogP contribution in [0, 0.1) is 0 Å². The van der Waals surface area contributed by atoms with Crippen molar-refractivity contribution in [3.63, 3.8) is 0 Å².